The van der Waals surface area contributed by atoms with Crippen LogP contribution in [0.25, 0.3) is 0 Å². The van der Waals surface area contributed by atoms with Gasteiger partial charge in [0, 0.05) is 24.5 Å². The molecule has 0 aromatic rings. The van der Waals surface area contributed by atoms with Crippen molar-refractivity contribution in [1.29, 1.82) is 0 Å². The number of carbonyl (C=O) groups is 1. The molecule has 3 heteroatoms. The predicted molar refractivity (Wildman–Crippen MR) is 46.9 cm³/mol. The first kappa shape index (κ1) is 7.62. The van der Waals surface area contributed by atoms with Crippen LogP contribution in [-0.2, 0) is 4.79 Å². The van der Waals surface area contributed by atoms with Crippen LogP contribution in [-0.4, -0.2) is 30.4 Å². The molecule has 0 radical (unpaired) electrons. The molecule has 1 N–H and O–H groups in total. The number of rotatable bonds is 0. The minimum Gasteiger partial charge on any atom is -0.316 e. The summed E-state index contributed by atoms with van der Waals surface area (Å²) in [5.41, 5.74) is 0.0446. The monoisotopic (exact) mass is 171 g/mol. The van der Waals surface area contributed by atoms with Gasteiger partial charge in [-0.05, 0) is 13.0 Å². The molecule has 0 bridgehead atoms. The highest BCUT2D eigenvalue weighted by Crippen LogP contribution is 2.36. The van der Waals surface area contributed by atoms with Crippen LogP contribution in [0.1, 0.15) is 12.8 Å². The van der Waals surface area contributed by atoms with E-state index in [0.29, 0.717) is 5.78 Å². The highest BCUT2D eigenvalue weighted by atomic mass is 32.2. The summed E-state index contributed by atoms with van der Waals surface area (Å²) in [6.07, 6.45) is 1.87. The van der Waals surface area contributed by atoms with Gasteiger partial charge >= 0.3 is 0 Å². The van der Waals surface area contributed by atoms with Gasteiger partial charge in [-0.3, -0.25) is 4.79 Å². The number of nitrogens with one attached hydrogen (secondary N) is 1. The lowest BCUT2D eigenvalue weighted by atomic mass is 9.83. The molecule has 0 amide bonds. The maximum atomic E-state index is 11.6. The molecular weight excluding hydrogens is 158 g/mol. The summed E-state index contributed by atoms with van der Waals surface area (Å²) in [7, 11) is 0. The van der Waals surface area contributed by atoms with Crippen molar-refractivity contribution >= 4 is 17.5 Å². The Morgan fingerprint density at radius 1 is 1.55 bits per heavy atom. The third-order valence-corrected chi connectivity index (χ3v) is 3.94. The lowest BCUT2D eigenvalue weighted by Gasteiger charge is -2.29. The van der Waals surface area contributed by atoms with Gasteiger partial charge in [0.05, 0.1) is 5.41 Å². The molecule has 11 heavy (non-hydrogen) atoms. The van der Waals surface area contributed by atoms with Crippen molar-refractivity contribution in [3.63, 3.8) is 0 Å². The Bertz CT molecular complexity index is 175. The Kier molecular flexibility index (Phi) is 1.93. The van der Waals surface area contributed by atoms with Gasteiger partial charge in [-0.2, -0.15) is 11.8 Å². The fourth-order valence-electron chi connectivity index (χ4n) is 1.88. The molecule has 2 heterocycles. The van der Waals surface area contributed by atoms with Gasteiger partial charge in [-0.25, -0.2) is 0 Å². The number of ketones is 1. The maximum Gasteiger partial charge on any atom is 0.142 e. The maximum absolute atomic E-state index is 11.6. The van der Waals surface area contributed by atoms with E-state index in [-0.39, 0.29) is 5.41 Å². The topological polar surface area (TPSA) is 29.1 Å². The van der Waals surface area contributed by atoms with Gasteiger partial charge in [0.2, 0.25) is 0 Å². The van der Waals surface area contributed by atoms with Crippen molar-refractivity contribution in [3.8, 4) is 0 Å². The summed E-state index contributed by atoms with van der Waals surface area (Å²) in [5, 5.41) is 3.28. The van der Waals surface area contributed by atoms with Gasteiger partial charge in [-0.1, -0.05) is 0 Å². The molecule has 1 atom stereocenters. The van der Waals surface area contributed by atoms with Crippen molar-refractivity contribution in [1.82, 2.24) is 5.32 Å². The number of thioether (sulfide) groups is 1. The van der Waals surface area contributed by atoms with E-state index in [1.165, 1.54) is 0 Å². The van der Waals surface area contributed by atoms with Crippen molar-refractivity contribution < 1.29 is 4.79 Å². The van der Waals surface area contributed by atoms with E-state index in [9.17, 15) is 4.79 Å². The van der Waals surface area contributed by atoms with Gasteiger partial charge in [0.25, 0.3) is 0 Å². The van der Waals surface area contributed by atoms with Crippen LogP contribution in [0.5, 0.6) is 0 Å². The third kappa shape index (κ3) is 1.20. The summed E-state index contributed by atoms with van der Waals surface area (Å²) in [6, 6.07) is 0. The van der Waals surface area contributed by atoms with E-state index in [1.807, 2.05) is 11.8 Å². The van der Waals surface area contributed by atoms with E-state index in [4.69, 9.17) is 0 Å². The SMILES string of the molecule is O=C1CCSCC12CCNC2. The Labute approximate surface area is 71.1 Å². The van der Waals surface area contributed by atoms with Gasteiger partial charge in [0.1, 0.15) is 5.78 Å². The zero-order chi connectivity index (χ0) is 7.73. The minimum atomic E-state index is 0.0446. The highest BCUT2D eigenvalue weighted by Gasteiger charge is 2.42. The van der Waals surface area contributed by atoms with Crippen LogP contribution >= 0.6 is 11.8 Å². The summed E-state index contributed by atoms with van der Waals surface area (Å²) < 4.78 is 0. The van der Waals surface area contributed by atoms with E-state index in [2.05, 4.69) is 5.32 Å². The summed E-state index contributed by atoms with van der Waals surface area (Å²) in [4.78, 5) is 11.6. The van der Waals surface area contributed by atoms with Crippen LogP contribution in [0.2, 0.25) is 0 Å². The molecular formula is C8H13NOS. The molecule has 2 aliphatic heterocycles. The molecule has 1 unspecified atom stereocenters. The normalized spacial score (nSPS) is 38.4. The molecule has 2 nitrogen and oxygen atoms in total. The van der Waals surface area contributed by atoms with Gasteiger partial charge in [0.15, 0.2) is 0 Å². The smallest absolute Gasteiger partial charge is 0.142 e. The van der Waals surface area contributed by atoms with Crippen molar-refractivity contribution in [2.24, 2.45) is 5.41 Å². The van der Waals surface area contributed by atoms with Gasteiger partial charge < -0.3 is 5.32 Å². The molecule has 2 saturated heterocycles. The second-order valence-electron chi connectivity index (χ2n) is 3.43. The molecule has 0 aromatic carbocycles. The Balaban J connectivity index is 2.13. The van der Waals surface area contributed by atoms with Crippen LogP contribution in [0.4, 0.5) is 0 Å². The molecule has 0 aromatic heterocycles. The largest absolute Gasteiger partial charge is 0.316 e. The van der Waals surface area contributed by atoms with E-state index in [0.717, 1.165) is 37.4 Å². The number of carbonyl (C=O) groups excluding carboxylic acids is 1. The first-order valence-electron chi connectivity index (χ1n) is 4.15. The molecule has 2 aliphatic rings. The van der Waals surface area contributed by atoms with Crippen LogP contribution in [0.3, 0.4) is 0 Å². The zero-order valence-electron chi connectivity index (χ0n) is 6.56. The van der Waals surface area contributed by atoms with Crippen molar-refractivity contribution in [2.45, 2.75) is 12.8 Å². The summed E-state index contributed by atoms with van der Waals surface area (Å²) in [6.45, 7) is 1.96. The standard InChI is InChI=1S/C8H13NOS/c10-7-1-4-11-6-8(7)2-3-9-5-8/h9H,1-6H2. The quantitative estimate of drug-likeness (QED) is 0.581. The molecule has 1 spiro atoms. The number of hydrogen-bond acceptors (Lipinski definition) is 3. The number of hydrogen-bond donors (Lipinski definition) is 1. The summed E-state index contributed by atoms with van der Waals surface area (Å²) in [5.74, 6) is 2.60. The Morgan fingerprint density at radius 2 is 2.45 bits per heavy atom. The molecule has 2 fully saturated rings. The first-order chi connectivity index (χ1) is 5.33. The molecule has 2 rings (SSSR count). The first-order valence-corrected chi connectivity index (χ1v) is 5.31. The number of Topliss-reactive ketones (excluding diaryl/α,β-unsaturated/α-hetero) is 1. The lowest BCUT2D eigenvalue weighted by molar-refractivity contribution is -0.126. The lowest BCUT2D eigenvalue weighted by Crippen LogP contribution is -2.39. The van der Waals surface area contributed by atoms with Crippen molar-refractivity contribution in [3.05, 3.63) is 0 Å². The minimum absolute atomic E-state index is 0.0446. The van der Waals surface area contributed by atoms with E-state index in [1.54, 1.807) is 0 Å². The second-order valence-corrected chi connectivity index (χ2v) is 4.54. The van der Waals surface area contributed by atoms with Crippen LogP contribution in [0, 0.1) is 5.41 Å². The second kappa shape index (κ2) is 2.79. The zero-order valence-corrected chi connectivity index (χ0v) is 7.38. The Morgan fingerprint density at radius 3 is 3.09 bits per heavy atom. The fourth-order valence-corrected chi connectivity index (χ4v) is 3.16. The average Bonchev–Trinajstić information content (AvgIpc) is 2.46. The summed E-state index contributed by atoms with van der Waals surface area (Å²) >= 11 is 1.93. The molecule has 0 aliphatic carbocycles. The Hall–Kier alpha value is -0.0200. The van der Waals surface area contributed by atoms with Crippen LogP contribution < -0.4 is 5.32 Å². The van der Waals surface area contributed by atoms with E-state index >= 15 is 0 Å². The third-order valence-electron chi connectivity index (χ3n) is 2.69. The average molecular weight is 171 g/mol. The van der Waals surface area contributed by atoms with Crippen LogP contribution in [0.15, 0.2) is 0 Å². The predicted octanol–water partition coefficient (Wildman–Crippen LogP) is 0.672. The molecule has 62 valence electrons. The van der Waals surface area contributed by atoms with E-state index < -0.39 is 0 Å². The highest BCUT2D eigenvalue weighted by molar-refractivity contribution is 7.99. The fraction of sp³-hybridized carbons (Fsp3) is 0.875. The van der Waals surface area contributed by atoms with Gasteiger partial charge in [-0.15, -0.1) is 0 Å². The van der Waals surface area contributed by atoms with Crippen molar-refractivity contribution in [2.75, 3.05) is 24.6 Å². The molecule has 0 saturated carbocycles.